The molecule has 1 unspecified atom stereocenters. The van der Waals surface area contributed by atoms with Gasteiger partial charge in [0.15, 0.2) is 5.96 Å². The SMILES string of the molecule is CN=C(NCCCOCC1CC1)NC(C)CCc1ccccc1.I. The van der Waals surface area contributed by atoms with Gasteiger partial charge in [0.25, 0.3) is 0 Å². The molecule has 1 aliphatic rings. The van der Waals surface area contributed by atoms with E-state index in [0.29, 0.717) is 6.04 Å². The van der Waals surface area contributed by atoms with Crippen molar-refractivity contribution < 1.29 is 4.74 Å². The first-order valence-electron chi connectivity index (χ1n) is 8.86. The van der Waals surface area contributed by atoms with Crippen molar-refractivity contribution in [2.75, 3.05) is 26.8 Å². The van der Waals surface area contributed by atoms with E-state index in [9.17, 15) is 0 Å². The molecule has 0 radical (unpaired) electrons. The number of nitrogens with one attached hydrogen (secondary N) is 2. The molecule has 1 fully saturated rings. The Bertz CT molecular complexity index is 463. The second kappa shape index (κ2) is 12.5. The summed E-state index contributed by atoms with van der Waals surface area (Å²) in [5.74, 6) is 1.73. The first-order valence-corrected chi connectivity index (χ1v) is 8.86. The van der Waals surface area contributed by atoms with Crippen LogP contribution in [-0.2, 0) is 11.2 Å². The number of hydrogen-bond acceptors (Lipinski definition) is 2. The molecule has 0 bridgehead atoms. The second-order valence-corrected chi connectivity index (χ2v) is 6.44. The fourth-order valence-electron chi connectivity index (χ4n) is 2.44. The number of nitrogens with zero attached hydrogens (tertiary/aromatic N) is 1. The Morgan fingerprint density at radius 3 is 2.71 bits per heavy atom. The molecule has 1 aromatic rings. The molecule has 4 nitrogen and oxygen atoms in total. The third-order valence-electron chi connectivity index (χ3n) is 4.12. The van der Waals surface area contributed by atoms with Gasteiger partial charge in [-0.15, -0.1) is 24.0 Å². The summed E-state index contributed by atoms with van der Waals surface area (Å²) in [6.07, 6.45) is 5.91. The maximum atomic E-state index is 5.64. The topological polar surface area (TPSA) is 45.7 Å². The minimum absolute atomic E-state index is 0. The molecule has 136 valence electrons. The molecule has 1 aromatic carbocycles. The number of halogens is 1. The highest BCUT2D eigenvalue weighted by molar-refractivity contribution is 14.0. The maximum absolute atomic E-state index is 5.64. The van der Waals surface area contributed by atoms with Crippen LogP contribution in [0.4, 0.5) is 0 Å². The van der Waals surface area contributed by atoms with E-state index in [4.69, 9.17) is 4.74 Å². The summed E-state index contributed by atoms with van der Waals surface area (Å²) in [7, 11) is 1.82. The highest BCUT2D eigenvalue weighted by atomic mass is 127. The average Bonchev–Trinajstić information content (AvgIpc) is 3.40. The van der Waals surface area contributed by atoms with Gasteiger partial charge in [-0.3, -0.25) is 4.99 Å². The van der Waals surface area contributed by atoms with Crippen LogP contribution in [0.2, 0.25) is 0 Å². The molecule has 1 aliphatic carbocycles. The molecule has 0 heterocycles. The highest BCUT2D eigenvalue weighted by Crippen LogP contribution is 2.28. The van der Waals surface area contributed by atoms with Gasteiger partial charge in [-0.1, -0.05) is 30.3 Å². The van der Waals surface area contributed by atoms with Gasteiger partial charge in [0.1, 0.15) is 0 Å². The Morgan fingerprint density at radius 1 is 1.29 bits per heavy atom. The van der Waals surface area contributed by atoms with Gasteiger partial charge in [0.05, 0.1) is 0 Å². The summed E-state index contributed by atoms with van der Waals surface area (Å²) in [5.41, 5.74) is 1.39. The minimum atomic E-state index is 0. The van der Waals surface area contributed by atoms with Gasteiger partial charge in [0.2, 0.25) is 0 Å². The van der Waals surface area contributed by atoms with E-state index in [0.717, 1.165) is 50.9 Å². The number of ether oxygens (including phenoxy) is 1. The number of aliphatic imine (C=N–C) groups is 1. The van der Waals surface area contributed by atoms with E-state index in [1.807, 2.05) is 7.05 Å². The molecule has 0 spiro atoms. The van der Waals surface area contributed by atoms with E-state index in [2.05, 4.69) is 52.9 Å². The number of guanidine groups is 1. The molecule has 0 aromatic heterocycles. The third kappa shape index (κ3) is 9.47. The lowest BCUT2D eigenvalue weighted by molar-refractivity contribution is 0.123. The van der Waals surface area contributed by atoms with Gasteiger partial charge < -0.3 is 15.4 Å². The standard InChI is InChI=1S/C19H31N3O.HI/c1-16(9-10-17-7-4-3-5-8-17)22-19(20-2)21-13-6-14-23-15-18-11-12-18;/h3-5,7-8,16,18H,6,9-15H2,1-2H3,(H2,20,21,22);1H. The van der Waals surface area contributed by atoms with E-state index in [1.165, 1.54) is 18.4 Å². The van der Waals surface area contributed by atoms with Crippen molar-refractivity contribution in [1.29, 1.82) is 0 Å². The van der Waals surface area contributed by atoms with Gasteiger partial charge in [-0.2, -0.15) is 0 Å². The zero-order valence-electron chi connectivity index (χ0n) is 15.0. The molecule has 0 saturated heterocycles. The molecule has 1 saturated carbocycles. The van der Waals surface area contributed by atoms with Crippen LogP contribution in [-0.4, -0.2) is 38.8 Å². The summed E-state index contributed by atoms with van der Waals surface area (Å²) in [6, 6.07) is 11.0. The van der Waals surface area contributed by atoms with Crippen molar-refractivity contribution in [1.82, 2.24) is 10.6 Å². The van der Waals surface area contributed by atoms with Crippen molar-refractivity contribution in [3.8, 4) is 0 Å². The number of hydrogen-bond donors (Lipinski definition) is 2. The van der Waals surface area contributed by atoms with Crippen molar-refractivity contribution in [2.45, 2.75) is 45.1 Å². The van der Waals surface area contributed by atoms with Gasteiger partial charge in [0, 0.05) is 32.8 Å². The zero-order valence-corrected chi connectivity index (χ0v) is 17.3. The molecule has 0 aliphatic heterocycles. The monoisotopic (exact) mass is 445 g/mol. The zero-order chi connectivity index (χ0) is 16.3. The normalized spacial score (nSPS) is 15.5. The number of rotatable bonds is 10. The van der Waals surface area contributed by atoms with Crippen LogP contribution >= 0.6 is 24.0 Å². The summed E-state index contributed by atoms with van der Waals surface area (Å²) in [6.45, 7) is 4.89. The van der Waals surface area contributed by atoms with E-state index >= 15 is 0 Å². The number of benzene rings is 1. The van der Waals surface area contributed by atoms with Crippen molar-refractivity contribution >= 4 is 29.9 Å². The fraction of sp³-hybridized carbons (Fsp3) is 0.632. The second-order valence-electron chi connectivity index (χ2n) is 6.44. The fourth-order valence-corrected chi connectivity index (χ4v) is 2.44. The minimum Gasteiger partial charge on any atom is -0.381 e. The Balaban J connectivity index is 0.00000288. The Hall–Kier alpha value is -0.820. The molecular weight excluding hydrogens is 413 g/mol. The summed E-state index contributed by atoms with van der Waals surface area (Å²) in [5, 5.41) is 6.82. The molecule has 5 heteroatoms. The first kappa shape index (κ1) is 21.2. The lowest BCUT2D eigenvalue weighted by atomic mass is 10.1. The Morgan fingerprint density at radius 2 is 2.04 bits per heavy atom. The van der Waals surface area contributed by atoms with Crippen LogP contribution < -0.4 is 10.6 Å². The summed E-state index contributed by atoms with van der Waals surface area (Å²) < 4.78 is 5.64. The van der Waals surface area contributed by atoms with Crippen molar-refractivity contribution in [3.05, 3.63) is 35.9 Å². The Labute approximate surface area is 163 Å². The van der Waals surface area contributed by atoms with E-state index < -0.39 is 0 Å². The maximum Gasteiger partial charge on any atom is 0.191 e. The summed E-state index contributed by atoms with van der Waals surface area (Å²) in [4.78, 5) is 4.29. The molecular formula is C19H32IN3O. The smallest absolute Gasteiger partial charge is 0.191 e. The van der Waals surface area contributed by atoms with Gasteiger partial charge in [-0.25, -0.2) is 0 Å². The van der Waals surface area contributed by atoms with Crippen molar-refractivity contribution in [3.63, 3.8) is 0 Å². The predicted octanol–water partition coefficient (Wildman–Crippen LogP) is 3.61. The van der Waals surface area contributed by atoms with Crippen LogP contribution in [0.3, 0.4) is 0 Å². The van der Waals surface area contributed by atoms with Gasteiger partial charge >= 0.3 is 0 Å². The van der Waals surface area contributed by atoms with Crippen LogP contribution in [0.5, 0.6) is 0 Å². The predicted molar refractivity (Wildman–Crippen MR) is 112 cm³/mol. The lowest BCUT2D eigenvalue weighted by Gasteiger charge is -2.18. The lowest BCUT2D eigenvalue weighted by Crippen LogP contribution is -2.42. The van der Waals surface area contributed by atoms with E-state index in [-0.39, 0.29) is 24.0 Å². The van der Waals surface area contributed by atoms with Crippen LogP contribution in [0.15, 0.2) is 35.3 Å². The van der Waals surface area contributed by atoms with Gasteiger partial charge in [-0.05, 0) is 50.5 Å². The summed E-state index contributed by atoms with van der Waals surface area (Å²) >= 11 is 0. The molecule has 1 atom stereocenters. The quantitative estimate of drug-likeness (QED) is 0.250. The average molecular weight is 445 g/mol. The molecule has 2 N–H and O–H groups in total. The van der Waals surface area contributed by atoms with E-state index in [1.54, 1.807) is 0 Å². The molecule has 2 rings (SSSR count). The van der Waals surface area contributed by atoms with Crippen LogP contribution in [0.1, 0.15) is 38.2 Å². The third-order valence-corrected chi connectivity index (χ3v) is 4.12. The molecule has 0 amide bonds. The Kier molecular flexibility index (Phi) is 11.1. The van der Waals surface area contributed by atoms with Crippen LogP contribution in [0.25, 0.3) is 0 Å². The largest absolute Gasteiger partial charge is 0.381 e. The first-order chi connectivity index (χ1) is 11.3. The van der Waals surface area contributed by atoms with Crippen LogP contribution in [0, 0.1) is 5.92 Å². The van der Waals surface area contributed by atoms with Crippen molar-refractivity contribution in [2.24, 2.45) is 10.9 Å². The molecule has 24 heavy (non-hydrogen) atoms. The number of aryl methyl sites for hydroxylation is 1. The highest BCUT2D eigenvalue weighted by Gasteiger charge is 2.20.